The van der Waals surface area contributed by atoms with E-state index in [2.05, 4.69) is 0 Å². The molecular weight excluding hydrogens is 208 g/mol. The number of aromatic nitrogens is 1. The average Bonchev–Trinajstić information content (AvgIpc) is 2.26. The Bertz CT molecular complexity index is 517. The van der Waals surface area contributed by atoms with Gasteiger partial charge in [-0.3, -0.25) is 4.79 Å². The van der Waals surface area contributed by atoms with Gasteiger partial charge in [-0.2, -0.15) is 0 Å². The number of pyridine rings is 1. The van der Waals surface area contributed by atoms with Crippen molar-refractivity contribution in [3.8, 4) is 0 Å². The zero-order valence-corrected chi connectivity index (χ0v) is 9.12. The predicted octanol–water partition coefficient (Wildman–Crippen LogP) is 0.544. The van der Waals surface area contributed by atoms with Crippen LogP contribution >= 0.6 is 0 Å². The number of carboxylic acids is 1. The normalized spacial score (nSPS) is 14.6. The summed E-state index contributed by atoms with van der Waals surface area (Å²) >= 11 is 0. The third-order valence-electron chi connectivity index (χ3n) is 3.16. The Kier molecular flexibility index (Phi) is 2.46. The number of nitrogen functional groups attached to an aromatic ring is 1. The van der Waals surface area contributed by atoms with Gasteiger partial charge in [-0.15, -0.1) is 0 Å². The Morgan fingerprint density at radius 1 is 1.38 bits per heavy atom. The van der Waals surface area contributed by atoms with Crippen molar-refractivity contribution in [1.82, 2.24) is 4.57 Å². The lowest BCUT2D eigenvalue weighted by molar-refractivity contribution is 0.0696. The SMILES string of the molecule is Cn1c2c(c(C(=O)O)c(N)c1=O)CCCC2. The smallest absolute Gasteiger partial charge is 0.338 e. The molecule has 1 aromatic heterocycles. The second-order valence-corrected chi connectivity index (χ2v) is 4.09. The van der Waals surface area contributed by atoms with E-state index in [-0.39, 0.29) is 11.3 Å². The molecule has 16 heavy (non-hydrogen) atoms. The molecule has 86 valence electrons. The van der Waals surface area contributed by atoms with Crippen molar-refractivity contribution in [2.75, 3.05) is 5.73 Å². The molecule has 0 amide bonds. The molecule has 0 aromatic carbocycles. The molecule has 0 unspecified atom stereocenters. The van der Waals surface area contributed by atoms with E-state index in [0.29, 0.717) is 6.42 Å². The molecule has 1 aliphatic rings. The van der Waals surface area contributed by atoms with Gasteiger partial charge in [-0.25, -0.2) is 4.79 Å². The second kappa shape index (κ2) is 3.66. The van der Waals surface area contributed by atoms with Crippen LogP contribution in [0, 0.1) is 0 Å². The standard InChI is InChI=1S/C11H14N2O3/c1-13-7-5-3-2-4-6(7)8(11(15)16)9(12)10(13)14/h2-5,12H2,1H3,(H,15,16). The molecule has 5 heteroatoms. The first-order valence-corrected chi connectivity index (χ1v) is 5.27. The van der Waals surface area contributed by atoms with E-state index in [1.807, 2.05) is 0 Å². The van der Waals surface area contributed by atoms with Crippen LogP contribution in [0.2, 0.25) is 0 Å². The molecule has 0 bridgehead atoms. The molecule has 5 nitrogen and oxygen atoms in total. The average molecular weight is 222 g/mol. The van der Waals surface area contributed by atoms with Gasteiger partial charge in [0, 0.05) is 12.7 Å². The largest absolute Gasteiger partial charge is 0.478 e. The summed E-state index contributed by atoms with van der Waals surface area (Å²) in [6, 6.07) is 0. The van der Waals surface area contributed by atoms with E-state index < -0.39 is 11.5 Å². The molecule has 1 aromatic rings. The number of rotatable bonds is 1. The Hall–Kier alpha value is -1.78. The fraction of sp³-hybridized carbons (Fsp3) is 0.455. The number of aromatic carboxylic acids is 1. The molecule has 0 aliphatic heterocycles. The van der Waals surface area contributed by atoms with Gasteiger partial charge in [-0.1, -0.05) is 0 Å². The van der Waals surface area contributed by atoms with Crippen LogP contribution in [0.25, 0.3) is 0 Å². The summed E-state index contributed by atoms with van der Waals surface area (Å²) < 4.78 is 1.48. The third-order valence-corrected chi connectivity index (χ3v) is 3.16. The molecule has 0 spiro atoms. The van der Waals surface area contributed by atoms with Gasteiger partial charge in [-0.05, 0) is 31.2 Å². The van der Waals surface area contributed by atoms with Crippen LogP contribution in [-0.2, 0) is 19.9 Å². The van der Waals surface area contributed by atoms with Crippen molar-refractivity contribution in [3.05, 3.63) is 27.2 Å². The van der Waals surface area contributed by atoms with Gasteiger partial charge in [0.05, 0.1) is 5.56 Å². The van der Waals surface area contributed by atoms with Crippen LogP contribution in [0.4, 0.5) is 5.69 Å². The number of fused-ring (bicyclic) bond motifs is 1. The minimum atomic E-state index is -1.10. The molecule has 3 N–H and O–H groups in total. The fourth-order valence-corrected chi connectivity index (χ4v) is 2.35. The zero-order chi connectivity index (χ0) is 11.9. The van der Waals surface area contributed by atoms with Crippen LogP contribution in [0.15, 0.2) is 4.79 Å². The molecule has 0 saturated heterocycles. The van der Waals surface area contributed by atoms with Crippen LogP contribution in [0.1, 0.15) is 34.5 Å². The number of hydrogen-bond acceptors (Lipinski definition) is 3. The van der Waals surface area contributed by atoms with Crippen molar-refractivity contribution in [2.24, 2.45) is 7.05 Å². The minimum Gasteiger partial charge on any atom is -0.478 e. The number of hydrogen-bond donors (Lipinski definition) is 2. The van der Waals surface area contributed by atoms with Gasteiger partial charge in [0.1, 0.15) is 5.69 Å². The quantitative estimate of drug-likeness (QED) is 0.726. The summed E-state index contributed by atoms with van der Waals surface area (Å²) in [5.74, 6) is -1.10. The molecule has 1 heterocycles. The molecule has 0 saturated carbocycles. The van der Waals surface area contributed by atoms with E-state index in [9.17, 15) is 9.59 Å². The van der Waals surface area contributed by atoms with E-state index >= 15 is 0 Å². The number of anilines is 1. The van der Waals surface area contributed by atoms with Crippen molar-refractivity contribution in [1.29, 1.82) is 0 Å². The molecular formula is C11H14N2O3. The highest BCUT2D eigenvalue weighted by atomic mass is 16.4. The van der Waals surface area contributed by atoms with E-state index in [4.69, 9.17) is 10.8 Å². The summed E-state index contributed by atoms with van der Waals surface area (Å²) in [6.45, 7) is 0. The Balaban J connectivity index is 2.83. The first-order chi connectivity index (χ1) is 7.54. The summed E-state index contributed by atoms with van der Waals surface area (Å²) in [6.07, 6.45) is 3.38. The maximum atomic E-state index is 11.7. The van der Waals surface area contributed by atoms with Crippen LogP contribution in [0.3, 0.4) is 0 Å². The lowest BCUT2D eigenvalue weighted by Crippen LogP contribution is -2.30. The topological polar surface area (TPSA) is 85.3 Å². The number of carbonyl (C=O) groups is 1. The highest BCUT2D eigenvalue weighted by Crippen LogP contribution is 2.25. The summed E-state index contributed by atoms with van der Waals surface area (Å²) in [5.41, 5.74) is 6.62. The molecule has 0 radical (unpaired) electrons. The van der Waals surface area contributed by atoms with Gasteiger partial charge < -0.3 is 15.4 Å². The molecule has 0 atom stereocenters. The number of carboxylic acid groups (broad SMARTS) is 1. The van der Waals surface area contributed by atoms with Crippen molar-refractivity contribution >= 4 is 11.7 Å². The highest BCUT2D eigenvalue weighted by molar-refractivity contribution is 5.95. The molecule has 1 aliphatic carbocycles. The predicted molar refractivity (Wildman–Crippen MR) is 59.7 cm³/mol. The van der Waals surface area contributed by atoms with E-state index in [1.165, 1.54) is 4.57 Å². The second-order valence-electron chi connectivity index (χ2n) is 4.09. The van der Waals surface area contributed by atoms with Gasteiger partial charge in [0.25, 0.3) is 5.56 Å². The van der Waals surface area contributed by atoms with Crippen molar-refractivity contribution in [3.63, 3.8) is 0 Å². The first-order valence-electron chi connectivity index (χ1n) is 5.27. The van der Waals surface area contributed by atoms with E-state index in [0.717, 1.165) is 30.5 Å². The van der Waals surface area contributed by atoms with Crippen LogP contribution < -0.4 is 11.3 Å². The lowest BCUT2D eigenvalue weighted by atomic mass is 9.91. The van der Waals surface area contributed by atoms with Crippen molar-refractivity contribution in [2.45, 2.75) is 25.7 Å². The Labute approximate surface area is 92.5 Å². The first kappa shape index (κ1) is 10.7. The number of nitrogens with two attached hydrogens (primary N) is 1. The number of nitrogens with zero attached hydrogens (tertiary/aromatic N) is 1. The van der Waals surface area contributed by atoms with Gasteiger partial charge >= 0.3 is 5.97 Å². The van der Waals surface area contributed by atoms with Crippen LogP contribution in [0.5, 0.6) is 0 Å². The van der Waals surface area contributed by atoms with Gasteiger partial charge in [0.15, 0.2) is 0 Å². The van der Waals surface area contributed by atoms with Crippen LogP contribution in [-0.4, -0.2) is 15.6 Å². The minimum absolute atomic E-state index is 0.0119. The maximum Gasteiger partial charge on any atom is 0.338 e. The highest BCUT2D eigenvalue weighted by Gasteiger charge is 2.24. The van der Waals surface area contributed by atoms with E-state index in [1.54, 1.807) is 7.05 Å². The van der Waals surface area contributed by atoms with Crippen molar-refractivity contribution < 1.29 is 9.90 Å². The summed E-state index contributed by atoms with van der Waals surface area (Å²) in [4.78, 5) is 22.9. The Morgan fingerprint density at radius 2 is 2.00 bits per heavy atom. The summed E-state index contributed by atoms with van der Waals surface area (Å²) in [7, 11) is 1.65. The maximum absolute atomic E-state index is 11.7. The zero-order valence-electron chi connectivity index (χ0n) is 9.12. The lowest BCUT2D eigenvalue weighted by Gasteiger charge is -2.21. The molecule has 0 fully saturated rings. The Morgan fingerprint density at radius 3 is 2.62 bits per heavy atom. The van der Waals surface area contributed by atoms with Gasteiger partial charge in [0.2, 0.25) is 0 Å². The summed E-state index contributed by atoms with van der Waals surface area (Å²) in [5, 5.41) is 9.11. The molecule has 2 rings (SSSR count). The monoisotopic (exact) mass is 222 g/mol. The fourth-order valence-electron chi connectivity index (χ4n) is 2.35. The third kappa shape index (κ3) is 1.39.